The van der Waals surface area contributed by atoms with Crippen LogP contribution in [0.5, 0.6) is 0 Å². The van der Waals surface area contributed by atoms with E-state index in [4.69, 9.17) is 17.0 Å². The number of nitrogens with zero attached hydrogens (tertiary/aromatic N) is 1. The number of ether oxygens (including phenoxy) is 1. The Hall–Kier alpha value is -0.610. The summed E-state index contributed by atoms with van der Waals surface area (Å²) in [4.78, 5) is 2.13. The third-order valence-corrected chi connectivity index (χ3v) is 2.24. The van der Waals surface area contributed by atoms with Crippen LogP contribution >= 0.6 is 12.2 Å². The zero-order valence-electron chi connectivity index (χ0n) is 8.01. The van der Waals surface area contributed by atoms with E-state index in [2.05, 4.69) is 16.8 Å². The molecule has 3 nitrogen and oxygen atoms in total. The van der Waals surface area contributed by atoms with Crippen molar-refractivity contribution in [3.63, 3.8) is 0 Å². The number of hydrogen-bond acceptors (Lipinski definition) is 2. The highest BCUT2D eigenvalue weighted by molar-refractivity contribution is 7.80. The number of hydrogen-bond donors (Lipinski definition) is 1. The van der Waals surface area contributed by atoms with Crippen molar-refractivity contribution < 1.29 is 4.74 Å². The van der Waals surface area contributed by atoms with E-state index in [0.29, 0.717) is 0 Å². The van der Waals surface area contributed by atoms with Crippen molar-refractivity contribution in [1.29, 1.82) is 0 Å². The molecule has 1 aliphatic rings. The summed E-state index contributed by atoms with van der Waals surface area (Å²) in [5.74, 6) is 0. The molecule has 13 heavy (non-hydrogen) atoms. The Balaban J connectivity index is 2.25. The predicted molar refractivity (Wildman–Crippen MR) is 57.8 cm³/mol. The molecule has 0 radical (unpaired) electrons. The summed E-state index contributed by atoms with van der Waals surface area (Å²) in [5, 5.41) is 3.97. The van der Waals surface area contributed by atoms with Crippen molar-refractivity contribution in [2.45, 2.75) is 6.92 Å². The summed E-state index contributed by atoms with van der Waals surface area (Å²) in [5.41, 5.74) is 1.09. The summed E-state index contributed by atoms with van der Waals surface area (Å²) in [6.07, 6.45) is 0. The highest BCUT2D eigenvalue weighted by Crippen LogP contribution is 1.97. The summed E-state index contributed by atoms with van der Waals surface area (Å²) in [6.45, 7) is 9.88. The van der Waals surface area contributed by atoms with Gasteiger partial charge in [0.1, 0.15) is 0 Å². The van der Waals surface area contributed by atoms with E-state index < -0.39 is 0 Å². The van der Waals surface area contributed by atoms with E-state index in [1.54, 1.807) is 0 Å². The third-order valence-electron chi connectivity index (χ3n) is 1.84. The predicted octanol–water partition coefficient (Wildman–Crippen LogP) is 0.769. The molecular weight excluding hydrogens is 184 g/mol. The van der Waals surface area contributed by atoms with Crippen LogP contribution < -0.4 is 5.32 Å². The highest BCUT2D eigenvalue weighted by Gasteiger charge is 2.12. The van der Waals surface area contributed by atoms with Crippen LogP contribution in [0, 0.1) is 0 Å². The minimum Gasteiger partial charge on any atom is -0.378 e. The summed E-state index contributed by atoms with van der Waals surface area (Å²) < 4.78 is 5.23. The maximum atomic E-state index is 5.23. The molecule has 0 saturated carbocycles. The molecule has 0 aromatic rings. The molecule has 0 aliphatic carbocycles. The largest absolute Gasteiger partial charge is 0.378 e. The van der Waals surface area contributed by atoms with Crippen molar-refractivity contribution in [3.8, 4) is 0 Å². The van der Waals surface area contributed by atoms with Crippen LogP contribution in [0.2, 0.25) is 0 Å². The molecule has 0 bridgehead atoms. The highest BCUT2D eigenvalue weighted by atomic mass is 32.1. The maximum absolute atomic E-state index is 5.23. The first-order valence-corrected chi connectivity index (χ1v) is 4.86. The zero-order valence-corrected chi connectivity index (χ0v) is 8.82. The van der Waals surface area contributed by atoms with Crippen molar-refractivity contribution in [2.24, 2.45) is 0 Å². The molecule has 0 unspecified atom stereocenters. The van der Waals surface area contributed by atoms with E-state index in [1.165, 1.54) is 0 Å². The van der Waals surface area contributed by atoms with Gasteiger partial charge in [0.15, 0.2) is 5.11 Å². The molecule has 0 amide bonds. The van der Waals surface area contributed by atoms with E-state index in [9.17, 15) is 0 Å². The van der Waals surface area contributed by atoms with Crippen LogP contribution in [0.1, 0.15) is 6.92 Å². The molecular formula is C9H16N2OS. The van der Waals surface area contributed by atoms with E-state index >= 15 is 0 Å². The number of rotatable bonds is 2. The number of thiocarbonyl (C=S) groups is 1. The van der Waals surface area contributed by atoms with Gasteiger partial charge in [0, 0.05) is 19.6 Å². The minimum absolute atomic E-state index is 0.760. The van der Waals surface area contributed by atoms with Gasteiger partial charge in [0.2, 0.25) is 0 Å². The molecule has 1 saturated heterocycles. The first-order valence-electron chi connectivity index (χ1n) is 4.45. The van der Waals surface area contributed by atoms with Crippen LogP contribution in [-0.2, 0) is 4.74 Å². The maximum Gasteiger partial charge on any atom is 0.169 e. The Bertz CT molecular complexity index is 200. The molecule has 74 valence electrons. The van der Waals surface area contributed by atoms with Gasteiger partial charge in [-0.1, -0.05) is 12.2 Å². The number of morpholine rings is 1. The van der Waals surface area contributed by atoms with Crippen molar-refractivity contribution in [1.82, 2.24) is 10.2 Å². The fourth-order valence-electron chi connectivity index (χ4n) is 1.10. The molecule has 1 rings (SSSR count). The molecule has 0 aromatic carbocycles. The quantitative estimate of drug-likeness (QED) is 0.525. The van der Waals surface area contributed by atoms with Gasteiger partial charge in [0.25, 0.3) is 0 Å². The molecule has 1 N–H and O–H groups in total. The Kier molecular flexibility index (Phi) is 4.18. The molecule has 0 aromatic heterocycles. The van der Waals surface area contributed by atoms with E-state index in [1.807, 2.05) is 6.92 Å². The van der Waals surface area contributed by atoms with Crippen LogP contribution in [0.3, 0.4) is 0 Å². The topological polar surface area (TPSA) is 24.5 Å². The van der Waals surface area contributed by atoms with Crippen LogP contribution in [0.15, 0.2) is 12.2 Å². The molecule has 1 aliphatic heterocycles. The van der Waals surface area contributed by atoms with Gasteiger partial charge < -0.3 is 15.0 Å². The minimum atomic E-state index is 0.760. The normalized spacial score (nSPS) is 16.8. The third kappa shape index (κ3) is 3.74. The van der Waals surface area contributed by atoms with Gasteiger partial charge >= 0.3 is 0 Å². The summed E-state index contributed by atoms with van der Waals surface area (Å²) in [6, 6.07) is 0. The molecule has 4 heteroatoms. The van der Waals surface area contributed by atoms with Gasteiger partial charge in [0.05, 0.1) is 13.2 Å². The second kappa shape index (κ2) is 5.19. The van der Waals surface area contributed by atoms with Crippen molar-refractivity contribution in [3.05, 3.63) is 12.2 Å². The van der Waals surface area contributed by atoms with Gasteiger partial charge in [-0.2, -0.15) is 0 Å². The van der Waals surface area contributed by atoms with Crippen LogP contribution in [0.25, 0.3) is 0 Å². The lowest BCUT2D eigenvalue weighted by molar-refractivity contribution is 0.0678. The monoisotopic (exact) mass is 200 g/mol. The average molecular weight is 200 g/mol. The second-order valence-corrected chi connectivity index (χ2v) is 3.60. The first kappa shape index (κ1) is 10.5. The second-order valence-electron chi connectivity index (χ2n) is 3.22. The van der Waals surface area contributed by atoms with Gasteiger partial charge in [-0.25, -0.2) is 0 Å². The fourth-order valence-corrected chi connectivity index (χ4v) is 1.36. The standard InChI is InChI=1S/C9H16N2OS/c1-8(2)7-10-9(13)11-3-5-12-6-4-11/h1,3-7H2,2H3,(H,10,13). The Morgan fingerprint density at radius 2 is 2.15 bits per heavy atom. The van der Waals surface area contributed by atoms with Gasteiger partial charge in [-0.15, -0.1) is 0 Å². The van der Waals surface area contributed by atoms with E-state index in [-0.39, 0.29) is 0 Å². The first-order chi connectivity index (χ1) is 6.20. The van der Waals surface area contributed by atoms with E-state index in [0.717, 1.165) is 43.5 Å². The molecule has 1 heterocycles. The Labute approximate surface area is 84.7 Å². The van der Waals surface area contributed by atoms with Gasteiger partial charge in [-0.3, -0.25) is 0 Å². The molecule has 0 spiro atoms. The Morgan fingerprint density at radius 1 is 1.54 bits per heavy atom. The fraction of sp³-hybridized carbons (Fsp3) is 0.667. The van der Waals surface area contributed by atoms with Crippen molar-refractivity contribution >= 4 is 17.3 Å². The zero-order chi connectivity index (χ0) is 9.68. The molecule has 1 fully saturated rings. The van der Waals surface area contributed by atoms with Crippen LogP contribution in [-0.4, -0.2) is 42.9 Å². The molecule has 0 atom stereocenters. The lowest BCUT2D eigenvalue weighted by Gasteiger charge is -2.29. The smallest absolute Gasteiger partial charge is 0.169 e. The Morgan fingerprint density at radius 3 is 2.69 bits per heavy atom. The lowest BCUT2D eigenvalue weighted by atomic mass is 10.3. The number of nitrogens with one attached hydrogen (secondary N) is 1. The van der Waals surface area contributed by atoms with Crippen molar-refractivity contribution in [2.75, 3.05) is 32.8 Å². The SMILES string of the molecule is C=C(C)CNC(=S)N1CCOCC1. The summed E-state index contributed by atoms with van der Waals surface area (Å²) >= 11 is 5.21. The average Bonchev–Trinajstić information content (AvgIpc) is 2.15. The summed E-state index contributed by atoms with van der Waals surface area (Å²) in [7, 11) is 0. The van der Waals surface area contributed by atoms with Gasteiger partial charge in [-0.05, 0) is 19.1 Å². The lowest BCUT2D eigenvalue weighted by Crippen LogP contribution is -2.46. The van der Waals surface area contributed by atoms with Crippen LogP contribution in [0.4, 0.5) is 0 Å².